The number of aromatic nitrogens is 2. The third-order valence-electron chi connectivity index (χ3n) is 3.53. The van der Waals surface area contributed by atoms with Crippen LogP contribution in [0.1, 0.15) is 44.0 Å². The normalized spacial score (nSPS) is 11.0. The number of fused-ring (bicyclic) bond motifs is 1. The van der Waals surface area contributed by atoms with Gasteiger partial charge < -0.3 is 10.1 Å². The van der Waals surface area contributed by atoms with Crippen LogP contribution in [0.25, 0.3) is 10.2 Å². The Labute approximate surface area is 150 Å². The van der Waals surface area contributed by atoms with Crippen LogP contribution in [0.15, 0.2) is 16.5 Å². The largest absolute Gasteiger partial charge is 0.462 e. The van der Waals surface area contributed by atoms with E-state index in [1.807, 2.05) is 20.8 Å². The third-order valence-corrected chi connectivity index (χ3v) is 4.42. The molecule has 0 aliphatic heterocycles. The van der Waals surface area contributed by atoms with Crippen molar-refractivity contribution in [2.45, 2.75) is 40.2 Å². The molecular formula is C17H23N3O4S. The van der Waals surface area contributed by atoms with Crippen molar-refractivity contribution in [3.8, 4) is 0 Å². The van der Waals surface area contributed by atoms with Crippen LogP contribution in [0.3, 0.4) is 0 Å². The van der Waals surface area contributed by atoms with Gasteiger partial charge in [-0.2, -0.15) is 0 Å². The molecule has 2 aromatic rings. The maximum absolute atomic E-state index is 12.7. The van der Waals surface area contributed by atoms with Crippen LogP contribution in [0, 0.1) is 5.92 Å². The lowest BCUT2D eigenvalue weighted by Crippen LogP contribution is -2.34. The predicted octanol–water partition coefficient (Wildman–Crippen LogP) is 2.19. The monoisotopic (exact) mass is 365 g/mol. The summed E-state index contributed by atoms with van der Waals surface area (Å²) >= 11 is 1.21. The molecule has 7 nitrogen and oxygen atoms in total. The minimum atomic E-state index is -0.527. The Morgan fingerprint density at radius 1 is 1.40 bits per heavy atom. The second kappa shape index (κ2) is 8.75. The molecule has 0 aromatic carbocycles. The smallest absolute Gasteiger partial charge is 0.339 e. The summed E-state index contributed by atoms with van der Waals surface area (Å²) in [6, 6.07) is 0. The molecule has 0 unspecified atom stereocenters. The van der Waals surface area contributed by atoms with Gasteiger partial charge in [0.05, 0.1) is 23.9 Å². The van der Waals surface area contributed by atoms with Gasteiger partial charge in [0.1, 0.15) is 11.4 Å². The highest BCUT2D eigenvalue weighted by Crippen LogP contribution is 2.21. The Balaban J connectivity index is 2.23. The van der Waals surface area contributed by atoms with Crippen molar-refractivity contribution in [2.24, 2.45) is 5.92 Å². The number of ether oxygens (including phenoxy) is 1. The van der Waals surface area contributed by atoms with Crippen LogP contribution in [0.4, 0.5) is 0 Å². The number of carbonyl (C=O) groups is 2. The number of unbranched alkanes of at least 4 members (excludes halogenated alkanes) is 1. The van der Waals surface area contributed by atoms with Crippen LogP contribution >= 0.6 is 11.3 Å². The second-order valence-electron chi connectivity index (χ2n) is 6.19. The number of hydrogen-bond donors (Lipinski definition) is 1. The zero-order valence-corrected chi connectivity index (χ0v) is 15.5. The number of thiophene rings is 1. The Hall–Kier alpha value is -2.22. The van der Waals surface area contributed by atoms with Crippen molar-refractivity contribution < 1.29 is 14.3 Å². The average Bonchev–Trinajstić information content (AvgIpc) is 3.00. The number of hydrogen-bond acceptors (Lipinski definition) is 6. The highest BCUT2D eigenvalue weighted by Gasteiger charge is 2.19. The van der Waals surface area contributed by atoms with E-state index < -0.39 is 11.5 Å². The van der Waals surface area contributed by atoms with Gasteiger partial charge in [-0.15, -0.1) is 11.3 Å². The first-order valence-corrected chi connectivity index (χ1v) is 9.22. The minimum absolute atomic E-state index is 0.130. The highest BCUT2D eigenvalue weighted by atomic mass is 32.1. The fraction of sp³-hybridized carbons (Fsp3) is 0.529. The van der Waals surface area contributed by atoms with E-state index in [0.717, 1.165) is 12.8 Å². The molecule has 0 saturated carbocycles. The number of esters is 1. The van der Waals surface area contributed by atoms with Gasteiger partial charge in [0, 0.05) is 11.9 Å². The Morgan fingerprint density at radius 2 is 2.16 bits per heavy atom. The molecule has 0 saturated heterocycles. The van der Waals surface area contributed by atoms with Crippen molar-refractivity contribution in [3.63, 3.8) is 0 Å². The topological polar surface area (TPSA) is 90.3 Å². The van der Waals surface area contributed by atoms with E-state index in [0.29, 0.717) is 23.9 Å². The van der Waals surface area contributed by atoms with Gasteiger partial charge in [-0.05, 0) is 12.3 Å². The summed E-state index contributed by atoms with van der Waals surface area (Å²) in [5.74, 6) is -0.470. The van der Waals surface area contributed by atoms with Gasteiger partial charge in [0.2, 0.25) is 5.91 Å². The summed E-state index contributed by atoms with van der Waals surface area (Å²) in [5, 5.41) is 4.55. The average molecular weight is 365 g/mol. The fourth-order valence-electron chi connectivity index (χ4n) is 2.15. The van der Waals surface area contributed by atoms with Gasteiger partial charge in [0.25, 0.3) is 5.56 Å². The first kappa shape index (κ1) is 19.1. The summed E-state index contributed by atoms with van der Waals surface area (Å²) < 4.78 is 6.40. The molecular weight excluding hydrogens is 342 g/mol. The predicted molar refractivity (Wildman–Crippen MR) is 96.9 cm³/mol. The summed E-state index contributed by atoms with van der Waals surface area (Å²) in [6.45, 7) is 6.70. The minimum Gasteiger partial charge on any atom is -0.462 e. The van der Waals surface area contributed by atoms with E-state index >= 15 is 0 Å². The molecule has 0 radical (unpaired) electrons. The van der Waals surface area contributed by atoms with E-state index in [1.54, 1.807) is 5.38 Å². The molecule has 1 amide bonds. The Kier molecular flexibility index (Phi) is 6.69. The van der Waals surface area contributed by atoms with Crippen molar-refractivity contribution in [1.29, 1.82) is 0 Å². The molecule has 25 heavy (non-hydrogen) atoms. The van der Waals surface area contributed by atoms with Gasteiger partial charge in [-0.1, -0.05) is 27.2 Å². The first-order chi connectivity index (χ1) is 11.9. The molecule has 0 bridgehead atoms. The fourth-order valence-corrected chi connectivity index (χ4v) is 3.01. The summed E-state index contributed by atoms with van der Waals surface area (Å²) in [6.07, 6.45) is 3.02. The Morgan fingerprint density at radius 3 is 2.84 bits per heavy atom. The van der Waals surface area contributed by atoms with Gasteiger partial charge >= 0.3 is 5.97 Å². The zero-order valence-electron chi connectivity index (χ0n) is 14.7. The lowest BCUT2D eigenvalue weighted by molar-refractivity contribution is -0.121. The Bertz CT molecular complexity index is 810. The van der Waals surface area contributed by atoms with E-state index in [9.17, 15) is 14.4 Å². The van der Waals surface area contributed by atoms with Crippen LogP contribution in [0.2, 0.25) is 0 Å². The van der Waals surface area contributed by atoms with Crippen LogP contribution in [-0.4, -0.2) is 34.6 Å². The van der Waals surface area contributed by atoms with Crippen LogP contribution in [-0.2, 0) is 16.1 Å². The van der Waals surface area contributed by atoms with Crippen LogP contribution < -0.4 is 10.9 Å². The number of nitrogens with zero attached hydrogens (tertiary/aromatic N) is 2. The third kappa shape index (κ3) is 4.88. The molecule has 0 aliphatic rings. The lowest BCUT2D eigenvalue weighted by Gasteiger charge is -2.09. The molecule has 2 heterocycles. The van der Waals surface area contributed by atoms with Gasteiger partial charge in [-0.3, -0.25) is 14.2 Å². The standard InChI is InChI=1S/C17H23N3O4S/c1-4-5-6-24-17(23)12-9-25-15-14(12)16(22)20(10-19-15)8-13(21)18-7-11(2)3/h9-11H,4-8H2,1-3H3,(H,18,21). The SMILES string of the molecule is CCCCOC(=O)c1csc2ncn(CC(=O)NCC(C)C)c(=O)c12. The maximum atomic E-state index is 12.7. The summed E-state index contributed by atoms with van der Waals surface area (Å²) in [5.41, 5.74) is -0.195. The van der Waals surface area contributed by atoms with Crippen molar-refractivity contribution in [1.82, 2.24) is 14.9 Å². The van der Waals surface area contributed by atoms with Crippen LogP contribution in [0.5, 0.6) is 0 Å². The number of rotatable bonds is 8. The molecule has 136 valence electrons. The molecule has 8 heteroatoms. The molecule has 2 aromatic heterocycles. The van der Waals surface area contributed by atoms with E-state index in [4.69, 9.17) is 4.74 Å². The van der Waals surface area contributed by atoms with E-state index in [-0.39, 0.29) is 23.4 Å². The van der Waals surface area contributed by atoms with Crippen molar-refractivity contribution in [3.05, 3.63) is 27.6 Å². The highest BCUT2D eigenvalue weighted by molar-refractivity contribution is 7.17. The van der Waals surface area contributed by atoms with E-state index in [2.05, 4.69) is 10.3 Å². The van der Waals surface area contributed by atoms with Gasteiger partial charge in [0.15, 0.2) is 0 Å². The number of carbonyl (C=O) groups excluding carboxylic acids is 2. The number of amides is 1. The molecule has 0 aliphatic carbocycles. The zero-order chi connectivity index (χ0) is 18.4. The molecule has 0 spiro atoms. The lowest BCUT2D eigenvalue weighted by atomic mass is 10.2. The summed E-state index contributed by atoms with van der Waals surface area (Å²) in [7, 11) is 0. The van der Waals surface area contributed by atoms with Crippen molar-refractivity contribution in [2.75, 3.05) is 13.2 Å². The maximum Gasteiger partial charge on any atom is 0.339 e. The molecule has 0 atom stereocenters. The molecule has 1 N–H and O–H groups in total. The van der Waals surface area contributed by atoms with Crippen molar-refractivity contribution >= 4 is 33.4 Å². The van der Waals surface area contributed by atoms with E-state index in [1.165, 1.54) is 22.2 Å². The van der Waals surface area contributed by atoms with Gasteiger partial charge in [-0.25, -0.2) is 9.78 Å². The first-order valence-electron chi connectivity index (χ1n) is 8.34. The second-order valence-corrected chi connectivity index (χ2v) is 7.05. The number of nitrogens with one attached hydrogen (secondary N) is 1. The molecule has 0 fully saturated rings. The quantitative estimate of drug-likeness (QED) is 0.572. The summed E-state index contributed by atoms with van der Waals surface area (Å²) in [4.78, 5) is 41.4. The molecule has 2 rings (SSSR count).